The topological polar surface area (TPSA) is 51.2 Å². The first-order valence-corrected chi connectivity index (χ1v) is 8.93. The third kappa shape index (κ3) is 3.58. The molecule has 2 aromatic carbocycles. The van der Waals surface area contributed by atoms with Crippen LogP contribution in [-0.4, -0.2) is 16.0 Å². The summed E-state index contributed by atoms with van der Waals surface area (Å²) in [5.41, 5.74) is 4.58. The molecule has 0 aliphatic carbocycles. The van der Waals surface area contributed by atoms with Crippen LogP contribution in [0.1, 0.15) is 12.5 Å². The maximum Gasteiger partial charge on any atom is 0.187 e. The van der Waals surface area contributed by atoms with Crippen LogP contribution in [0.4, 0.5) is 11.5 Å². The second-order valence-corrected chi connectivity index (χ2v) is 6.21. The van der Waals surface area contributed by atoms with E-state index in [0.717, 1.165) is 33.9 Å². The molecule has 0 atom stereocenters. The Balaban J connectivity index is 1.78. The predicted octanol–water partition coefficient (Wildman–Crippen LogP) is 6.12. The number of azo groups is 1. The molecule has 2 aromatic heterocycles. The Kier molecular flexibility index (Phi) is 4.66. The minimum absolute atomic E-state index is 0.641. The van der Waals surface area contributed by atoms with E-state index in [4.69, 9.17) is 9.72 Å². The average Bonchev–Trinajstić information content (AvgIpc) is 3.06. The highest BCUT2D eigenvalue weighted by Crippen LogP contribution is 2.32. The van der Waals surface area contributed by atoms with Gasteiger partial charge in [-0.2, -0.15) is 0 Å². The van der Waals surface area contributed by atoms with Crippen LogP contribution in [0, 0.1) is 6.92 Å². The molecule has 2 heterocycles. The molecule has 5 heteroatoms. The molecule has 4 aromatic rings. The lowest BCUT2D eigenvalue weighted by molar-refractivity contribution is 0.340. The summed E-state index contributed by atoms with van der Waals surface area (Å²) in [6, 6.07) is 21.7. The van der Waals surface area contributed by atoms with E-state index >= 15 is 0 Å². The number of nitrogens with zero attached hydrogens (tertiary/aromatic N) is 4. The molecule has 0 saturated heterocycles. The summed E-state index contributed by atoms with van der Waals surface area (Å²) in [6.45, 7) is 4.66. The van der Waals surface area contributed by atoms with Crippen molar-refractivity contribution < 1.29 is 4.74 Å². The normalized spacial score (nSPS) is 11.3. The number of aromatic nitrogens is 2. The highest BCUT2D eigenvalue weighted by atomic mass is 16.5. The number of fused-ring (bicyclic) bond motifs is 1. The summed E-state index contributed by atoms with van der Waals surface area (Å²) in [7, 11) is 0. The van der Waals surface area contributed by atoms with Gasteiger partial charge in [0.15, 0.2) is 5.82 Å². The van der Waals surface area contributed by atoms with Gasteiger partial charge in [0.05, 0.1) is 12.3 Å². The van der Waals surface area contributed by atoms with Crippen molar-refractivity contribution in [1.82, 2.24) is 9.38 Å². The van der Waals surface area contributed by atoms with E-state index in [9.17, 15) is 0 Å². The van der Waals surface area contributed by atoms with Gasteiger partial charge in [0.1, 0.15) is 17.1 Å². The van der Waals surface area contributed by atoms with Crippen molar-refractivity contribution in [1.29, 1.82) is 0 Å². The van der Waals surface area contributed by atoms with E-state index in [2.05, 4.69) is 17.2 Å². The van der Waals surface area contributed by atoms with Crippen molar-refractivity contribution >= 4 is 17.2 Å². The fraction of sp³-hybridized carbons (Fsp3) is 0.136. The van der Waals surface area contributed by atoms with Gasteiger partial charge in [0.2, 0.25) is 0 Å². The van der Waals surface area contributed by atoms with Gasteiger partial charge in [-0.05, 0) is 49.7 Å². The Morgan fingerprint density at radius 1 is 0.926 bits per heavy atom. The minimum atomic E-state index is 0.641. The van der Waals surface area contributed by atoms with Crippen molar-refractivity contribution in [2.45, 2.75) is 13.8 Å². The van der Waals surface area contributed by atoms with Gasteiger partial charge in [-0.3, -0.25) is 4.40 Å². The van der Waals surface area contributed by atoms with Gasteiger partial charge < -0.3 is 4.74 Å². The summed E-state index contributed by atoms with van der Waals surface area (Å²) in [6.07, 6.45) is 2.03. The lowest BCUT2D eigenvalue weighted by Crippen LogP contribution is -1.89. The molecular formula is C22H20N4O. The lowest BCUT2D eigenvalue weighted by Gasteiger charge is -2.02. The van der Waals surface area contributed by atoms with Crippen LogP contribution in [0.3, 0.4) is 0 Å². The SMILES string of the molecule is CCOc1ccc(N=Nc2c(-c3ccccc3)nc3ccc(C)cn23)cc1. The molecular weight excluding hydrogens is 336 g/mol. The van der Waals surface area contributed by atoms with Crippen LogP contribution in [-0.2, 0) is 0 Å². The smallest absolute Gasteiger partial charge is 0.187 e. The summed E-state index contributed by atoms with van der Waals surface area (Å²) in [5, 5.41) is 8.97. The fourth-order valence-corrected chi connectivity index (χ4v) is 2.90. The van der Waals surface area contributed by atoms with E-state index in [1.165, 1.54) is 0 Å². The van der Waals surface area contributed by atoms with Gasteiger partial charge >= 0.3 is 0 Å². The Hall–Kier alpha value is -3.47. The van der Waals surface area contributed by atoms with Crippen molar-refractivity contribution in [3.05, 3.63) is 78.5 Å². The van der Waals surface area contributed by atoms with Gasteiger partial charge in [0.25, 0.3) is 0 Å². The van der Waals surface area contributed by atoms with Gasteiger partial charge in [-0.1, -0.05) is 36.4 Å². The molecule has 0 radical (unpaired) electrons. The number of rotatable bonds is 5. The van der Waals surface area contributed by atoms with Gasteiger partial charge in [-0.25, -0.2) is 4.98 Å². The zero-order valence-corrected chi connectivity index (χ0v) is 15.3. The second-order valence-electron chi connectivity index (χ2n) is 6.21. The number of aryl methyl sites for hydroxylation is 1. The molecule has 0 N–H and O–H groups in total. The molecule has 0 spiro atoms. The highest BCUT2D eigenvalue weighted by Gasteiger charge is 2.14. The highest BCUT2D eigenvalue weighted by molar-refractivity contribution is 5.74. The monoisotopic (exact) mass is 356 g/mol. The molecule has 4 rings (SSSR count). The van der Waals surface area contributed by atoms with E-state index in [1.807, 2.05) is 84.3 Å². The first-order chi connectivity index (χ1) is 13.2. The van der Waals surface area contributed by atoms with E-state index in [1.54, 1.807) is 0 Å². The quantitative estimate of drug-likeness (QED) is 0.404. The lowest BCUT2D eigenvalue weighted by atomic mass is 10.1. The summed E-state index contributed by atoms with van der Waals surface area (Å²) < 4.78 is 7.45. The maximum absolute atomic E-state index is 5.47. The maximum atomic E-state index is 5.47. The molecule has 0 saturated carbocycles. The largest absolute Gasteiger partial charge is 0.494 e. The van der Waals surface area contributed by atoms with Crippen molar-refractivity contribution in [3.63, 3.8) is 0 Å². The van der Waals surface area contributed by atoms with Crippen molar-refractivity contribution in [3.8, 4) is 17.0 Å². The Morgan fingerprint density at radius 3 is 2.44 bits per heavy atom. The predicted molar refractivity (Wildman–Crippen MR) is 107 cm³/mol. The number of benzene rings is 2. The number of hydrogen-bond donors (Lipinski definition) is 0. The minimum Gasteiger partial charge on any atom is -0.494 e. The molecule has 0 aliphatic rings. The second kappa shape index (κ2) is 7.41. The van der Waals surface area contributed by atoms with Gasteiger partial charge in [0, 0.05) is 11.8 Å². The summed E-state index contributed by atoms with van der Waals surface area (Å²) in [5.74, 6) is 1.54. The van der Waals surface area contributed by atoms with Gasteiger partial charge in [-0.15, -0.1) is 10.2 Å². The zero-order valence-electron chi connectivity index (χ0n) is 15.3. The fourth-order valence-electron chi connectivity index (χ4n) is 2.90. The van der Waals surface area contributed by atoms with Crippen molar-refractivity contribution in [2.24, 2.45) is 10.2 Å². The first kappa shape index (κ1) is 17.0. The molecule has 0 unspecified atom stereocenters. The third-order valence-corrected chi connectivity index (χ3v) is 4.20. The number of ether oxygens (including phenoxy) is 1. The third-order valence-electron chi connectivity index (χ3n) is 4.20. The van der Waals surface area contributed by atoms with Crippen LogP contribution in [0.25, 0.3) is 16.9 Å². The number of imidazole rings is 1. The molecule has 27 heavy (non-hydrogen) atoms. The van der Waals surface area contributed by atoms with E-state index < -0.39 is 0 Å². The summed E-state index contributed by atoms with van der Waals surface area (Å²) >= 11 is 0. The van der Waals surface area contributed by atoms with Crippen LogP contribution in [0.15, 0.2) is 83.2 Å². The Bertz CT molecular complexity index is 1080. The van der Waals surface area contributed by atoms with Crippen LogP contribution >= 0.6 is 0 Å². The standard InChI is InChI=1S/C22H20N4O/c1-3-27-19-12-10-18(11-13-19)24-25-22-21(17-7-5-4-6-8-17)23-20-14-9-16(2)15-26(20)22/h4-15H,3H2,1-2H3. The zero-order chi connectivity index (χ0) is 18.6. The molecule has 0 amide bonds. The van der Waals surface area contributed by atoms with Crippen molar-refractivity contribution in [2.75, 3.05) is 6.61 Å². The van der Waals surface area contributed by atoms with E-state index in [-0.39, 0.29) is 0 Å². The molecule has 5 nitrogen and oxygen atoms in total. The molecule has 0 aliphatic heterocycles. The first-order valence-electron chi connectivity index (χ1n) is 8.93. The molecule has 0 fully saturated rings. The van der Waals surface area contributed by atoms with E-state index in [0.29, 0.717) is 12.4 Å². The number of pyridine rings is 1. The number of hydrogen-bond acceptors (Lipinski definition) is 4. The molecule has 0 bridgehead atoms. The summed E-state index contributed by atoms with van der Waals surface area (Å²) in [4.78, 5) is 4.76. The Morgan fingerprint density at radius 2 is 1.70 bits per heavy atom. The average molecular weight is 356 g/mol. The Labute approximate surface area is 158 Å². The molecule has 134 valence electrons. The van der Waals surface area contributed by atoms with Crippen LogP contribution in [0.5, 0.6) is 5.75 Å². The van der Waals surface area contributed by atoms with Crippen LogP contribution in [0.2, 0.25) is 0 Å². The van der Waals surface area contributed by atoms with Crippen LogP contribution < -0.4 is 4.74 Å².